The molecule has 7 heteroatoms. The van der Waals surface area contributed by atoms with Gasteiger partial charge in [-0.1, -0.05) is 0 Å². The second-order valence-corrected chi connectivity index (χ2v) is 4.11. The number of carboxylic acid groups (broad SMARTS) is 1. The fraction of sp³-hybridized carbons (Fsp3) is 0.600. The van der Waals surface area contributed by atoms with Crippen LogP contribution in [0.1, 0.15) is 12.8 Å². The molecule has 1 amide bonds. The van der Waals surface area contributed by atoms with Crippen molar-refractivity contribution in [3.8, 4) is 0 Å². The van der Waals surface area contributed by atoms with Crippen LogP contribution in [0.25, 0.3) is 0 Å². The zero-order valence-corrected chi connectivity index (χ0v) is 9.32. The lowest BCUT2D eigenvalue weighted by Crippen LogP contribution is -2.43. The minimum Gasteiger partial charge on any atom is -0.481 e. The zero-order valence-electron chi connectivity index (χ0n) is 9.32. The summed E-state index contributed by atoms with van der Waals surface area (Å²) in [6, 6.07) is 0. The number of carbonyl (C=O) groups excluding carboxylic acids is 1. The van der Waals surface area contributed by atoms with Gasteiger partial charge in [0.25, 0.3) is 0 Å². The lowest BCUT2D eigenvalue weighted by Gasteiger charge is -2.30. The number of carbonyl (C=O) groups is 2. The quantitative estimate of drug-likeness (QED) is 0.774. The van der Waals surface area contributed by atoms with E-state index in [2.05, 4.69) is 10.1 Å². The number of amides is 1. The number of piperidine rings is 1. The van der Waals surface area contributed by atoms with Crippen LogP contribution >= 0.6 is 0 Å². The summed E-state index contributed by atoms with van der Waals surface area (Å²) >= 11 is 0. The van der Waals surface area contributed by atoms with Crippen molar-refractivity contribution in [2.24, 2.45) is 5.92 Å². The third kappa shape index (κ3) is 2.80. The van der Waals surface area contributed by atoms with Crippen molar-refractivity contribution in [3.05, 3.63) is 12.7 Å². The van der Waals surface area contributed by atoms with E-state index < -0.39 is 11.9 Å². The average Bonchev–Trinajstić information content (AvgIpc) is 2.82. The summed E-state index contributed by atoms with van der Waals surface area (Å²) in [5.74, 6) is -1.38. The first-order valence-electron chi connectivity index (χ1n) is 5.50. The fourth-order valence-electron chi connectivity index (χ4n) is 1.96. The van der Waals surface area contributed by atoms with Gasteiger partial charge in [0.1, 0.15) is 19.2 Å². The van der Waals surface area contributed by atoms with Gasteiger partial charge in [-0.05, 0) is 12.8 Å². The normalized spacial score (nSPS) is 20.2. The molecule has 0 spiro atoms. The zero-order chi connectivity index (χ0) is 12.3. The Morgan fingerprint density at radius 3 is 2.94 bits per heavy atom. The van der Waals surface area contributed by atoms with Crippen LogP contribution in [-0.2, 0) is 16.1 Å². The number of aliphatic carboxylic acids is 1. The molecular formula is C10H14N4O3. The van der Waals surface area contributed by atoms with Crippen LogP contribution in [0.15, 0.2) is 12.7 Å². The molecule has 2 heterocycles. The van der Waals surface area contributed by atoms with Crippen LogP contribution in [0.5, 0.6) is 0 Å². The minimum atomic E-state index is -0.830. The summed E-state index contributed by atoms with van der Waals surface area (Å²) in [6.07, 6.45) is 4.21. The second-order valence-electron chi connectivity index (χ2n) is 4.11. The van der Waals surface area contributed by atoms with Crippen molar-refractivity contribution in [1.82, 2.24) is 19.7 Å². The van der Waals surface area contributed by atoms with Crippen molar-refractivity contribution in [1.29, 1.82) is 0 Å². The first kappa shape index (κ1) is 11.6. The molecule has 0 saturated carbocycles. The Morgan fingerprint density at radius 1 is 1.47 bits per heavy atom. The molecule has 0 bridgehead atoms. The minimum absolute atomic E-state index is 0.110. The third-order valence-electron chi connectivity index (χ3n) is 2.89. The van der Waals surface area contributed by atoms with E-state index in [4.69, 9.17) is 5.11 Å². The molecule has 1 fully saturated rings. The Hall–Kier alpha value is -1.92. The highest BCUT2D eigenvalue weighted by molar-refractivity contribution is 5.77. The lowest BCUT2D eigenvalue weighted by atomic mass is 9.98. The van der Waals surface area contributed by atoms with E-state index in [0.717, 1.165) is 6.42 Å². The molecule has 0 radical (unpaired) electrons. The number of hydrogen-bond acceptors (Lipinski definition) is 4. The molecule has 1 saturated heterocycles. The van der Waals surface area contributed by atoms with Crippen LogP contribution in [0.2, 0.25) is 0 Å². The van der Waals surface area contributed by atoms with Gasteiger partial charge in [-0.2, -0.15) is 5.10 Å². The lowest BCUT2D eigenvalue weighted by molar-refractivity contribution is -0.145. The summed E-state index contributed by atoms with van der Waals surface area (Å²) < 4.78 is 1.44. The number of hydrogen-bond donors (Lipinski definition) is 1. The van der Waals surface area contributed by atoms with Gasteiger partial charge in [0.05, 0.1) is 5.92 Å². The van der Waals surface area contributed by atoms with E-state index in [1.807, 2.05) is 0 Å². The topological polar surface area (TPSA) is 88.3 Å². The molecule has 1 aromatic rings. The number of rotatable bonds is 3. The summed E-state index contributed by atoms with van der Waals surface area (Å²) in [7, 11) is 0. The summed E-state index contributed by atoms with van der Waals surface area (Å²) in [5, 5.41) is 12.8. The van der Waals surface area contributed by atoms with Gasteiger partial charge in [0.15, 0.2) is 0 Å². The van der Waals surface area contributed by atoms with Crippen LogP contribution in [0, 0.1) is 5.92 Å². The largest absolute Gasteiger partial charge is 0.481 e. The molecule has 17 heavy (non-hydrogen) atoms. The van der Waals surface area contributed by atoms with Gasteiger partial charge >= 0.3 is 5.97 Å². The second kappa shape index (κ2) is 4.94. The van der Waals surface area contributed by atoms with Crippen LogP contribution in [0.3, 0.4) is 0 Å². The van der Waals surface area contributed by atoms with Gasteiger partial charge in [0, 0.05) is 13.1 Å². The van der Waals surface area contributed by atoms with Crippen molar-refractivity contribution in [2.75, 3.05) is 13.1 Å². The monoisotopic (exact) mass is 238 g/mol. The molecule has 1 atom stereocenters. The maximum atomic E-state index is 11.9. The predicted molar refractivity (Wildman–Crippen MR) is 57.0 cm³/mol. The third-order valence-corrected chi connectivity index (χ3v) is 2.89. The number of likely N-dealkylation sites (tertiary alicyclic amines) is 1. The molecule has 1 N–H and O–H groups in total. The molecular weight excluding hydrogens is 224 g/mol. The molecule has 7 nitrogen and oxygen atoms in total. The van der Waals surface area contributed by atoms with E-state index in [1.165, 1.54) is 17.3 Å². The first-order valence-corrected chi connectivity index (χ1v) is 5.50. The van der Waals surface area contributed by atoms with E-state index in [1.54, 1.807) is 4.90 Å². The molecule has 2 rings (SSSR count). The number of aromatic nitrogens is 3. The Bertz CT molecular complexity index is 404. The van der Waals surface area contributed by atoms with Crippen molar-refractivity contribution in [3.63, 3.8) is 0 Å². The SMILES string of the molecule is O=C(O)[C@H]1CCCN(C(=O)Cn2cncn2)C1. The molecule has 1 aliphatic heterocycles. The van der Waals surface area contributed by atoms with E-state index >= 15 is 0 Å². The van der Waals surface area contributed by atoms with Gasteiger partial charge in [-0.3, -0.25) is 9.59 Å². The van der Waals surface area contributed by atoms with Gasteiger partial charge in [-0.15, -0.1) is 0 Å². The smallest absolute Gasteiger partial charge is 0.308 e. The highest BCUT2D eigenvalue weighted by Gasteiger charge is 2.28. The number of carboxylic acids is 1. The van der Waals surface area contributed by atoms with Gasteiger partial charge < -0.3 is 10.0 Å². The Balaban J connectivity index is 1.93. The molecule has 0 aromatic carbocycles. The maximum absolute atomic E-state index is 11.9. The van der Waals surface area contributed by atoms with Crippen molar-refractivity contribution >= 4 is 11.9 Å². The standard InChI is InChI=1S/C10H14N4O3/c15-9(5-14-7-11-6-12-14)13-3-1-2-8(4-13)10(16)17/h6-8H,1-5H2,(H,16,17)/t8-/m0/s1. The Labute approximate surface area is 98.0 Å². The molecule has 1 aromatic heterocycles. The summed E-state index contributed by atoms with van der Waals surface area (Å²) in [6.45, 7) is 1.03. The molecule has 0 aliphatic carbocycles. The molecule has 1 aliphatic rings. The Kier molecular flexibility index (Phi) is 3.36. The molecule has 92 valence electrons. The van der Waals surface area contributed by atoms with E-state index in [-0.39, 0.29) is 12.5 Å². The predicted octanol–water partition coefficient (Wildman–Crippen LogP) is -0.399. The highest BCUT2D eigenvalue weighted by atomic mass is 16.4. The highest BCUT2D eigenvalue weighted by Crippen LogP contribution is 2.16. The fourth-order valence-corrected chi connectivity index (χ4v) is 1.96. The Morgan fingerprint density at radius 2 is 2.29 bits per heavy atom. The first-order chi connectivity index (χ1) is 8.16. The summed E-state index contributed by atoms with van der Waals surface area (Å²) in [5.41, 5.74) is 0. The van der Waals surface area contributed by atoms with Crippen molar-refractivity contribution < 1.29 is 14.7 Å². The van der Waals surface area contributed by atoms with Crippen LogP contribution < -0.4 is 0 Å². The van der Waals surface area contributed by atoms with Gasteiger partial charge in [-0.25, -0.2) is 9.67 Å². The summed E-state index contributed by atoms with van der Waals surface area (Å²) in [4.78, 5) is 28.1. The van der Waals surface area contributed by atoms with Gasteiger partial charge in [0.2, 0.25) is 5.91 Å². The maximum Gasteiger partial charge on any atom is 0.308 e. The number of nitrogens with zero attached hydrogens (tertiary/aromatic N) is 4. The van der Waals surface area contributed by atoms with Crippen LogP contribution in [0.4, 0.5) is 0 Å². The molecule has 0 unspecified atom stereocenters. The van der Waals surface area contributed by atoms with Crippen LogP contribution in [-0.4, -0.2) is 49.7 Å². The van der Waals surface area contributed by atoms with Crippen molar-refractivity contribution in [2.45, 2.75) is 19.4 Å². The average molecular weight is 238 g/mol. The van der Waals surface area contributed by atoms with E-state index in [9.17, 15) is 9.59 Å². The van der Waals surface area contributed by atoms with E-state index in [0.29, 0.717) is 19.5 Å².